The van der Waals surface area contributed by atoms with Crippen LogP contribution in [-0.2, 0) is 9.05 Å². The molecule has 1 heterocycles. The van der Waals surface area contributed by atoms with E-state index in [4.69, 9.17) is 22.3 Å². The molecule has 0 fully saturated rings. The number of rotatable bonds is 2. The van der Waals surface area contributed by atoms with E-state index in [-0.39, 0.29) is 4.90 Å². The third-order valence-electron chi connectivity index (χ3n) is 2.21. The van der Waals surface area contributed by atoms with Gasteiger partial charge in [0.15, 0.2) is 0 Å². The van der Waals surface area contributed by atoms with Gasteiger partial charge in [0.05, 0.1) is 4.90 Å². The topological polar surface area (TPSA) is 47.0 Å². The maximum atomic E-state index is 11.1. The first kappa shape index (κ1) is 12.4. The van der Waals surface area contributed by atoms with Gasteiger partial charge in [-0.05, 0) is 29.8 Å². The van der Waals surface area contributed by atoms with E-state index < -0.39 is 9.05 Å². The summed E-state index contributed by atoms with van der Waals surface area (Å²) in [5.41, 5.74) is 1.53. The van der Waals surface area contributed by atoms with Gasteiger partial charge in [-0.15, -0.1) is 0 Å². The molecular weight excluding hydrogens is 281 g/mol. The average molecular weight is 288 g/mol. The molecule has 0 saturated carbocycles. The third-order valence-corrected chi connectivity index (χ3v) is 3.88. The van der Waals surface area contributed by atoms with Gasteiger partial charge in [-0.1, -0.05) is 23.7 Å². The average Bonchev–Trinajstić information content (AvgIpc) is 2.29. The minimum absolute atomic E-state index is 0.0583. The number of hydrogen-bond acceptors (Lipinski definition) is 3. The molecule has 2 aromatic rings. The Balaban J connectivity index is 2.47. The lowest BCUT2D eigenvalue weighted by atomic mass is 10.1. The Morgan fingerprint density at radius 2 is 1.71 bits per heavy atom. The highest BCUT2D eigenvalue weighted by atomic mass is 35.7. The van der Waals surface area contributed by atoms with Gasteiger partial charge < -0.3 is 0 Å². The summed E-state index contributed by atoms with van der Waals surface area (Å²) >= 11 is 5.93. The number of halogens is 2. The molecule has 0 amide bonds. The van der Waals surface area contributed by atoms with E-state index in [1.165, 1.54) is 12.1 Å². The van der Waals surface area contributed by atoms with Gasteiger partial charge in [-0.2, -0.15) is 0 Å². The molecule has 1 aromatic carbocycles. The standard InChI is InChI=1S/C11H7Cl2NO2S/c12-11-10(2-1-7-14-11)8-3-5-9(6-4-8)17(13,15)16/h1-7H. The molecule has 0 radical (unpaired) electrons. The molecular formula is C11H7Cl2NO2S. The fraction of sp³-hybridized carbons (Fsp3) is 0. The molecule has 0 saturated heterocycles. The van der Waals surface area contributed by atoms with Crippen LogP contribution >= 0.6 is 22.3 Å². The Kier molecular flexibility index (Phi) is 3.38. The van der Waals surface area contributed by atoms with Gasteiger partial charge in [0.2, 0.25) is 0 Å². The first-order valence-corrected chi connectivity index (χ1v) is 7.33. The summed E-state index contributed by atoms with van der Waals surface area (Å²) in [5.74, 6) is 0. The molecule has 17 heavy (non-hydrogen) atoms. The molecule has 6 heteroatoms. The zero-order chi connectivity index (χ0) is 12.5. The van der Waals surface area contributed by atoms with Crippen molar-refractivity contribution in [1.29, 1.82) is 0 Å². The zero-order valence-corrected chi connectivity index (χ0v) is 10.8. The van der Waals surface area contributed by atoms with Gasteiger partial charge in [0, 0.05) is 22.4 Å². The second-order valence-electron chi connectivity index (χ2n) is 3.30. The molecule has 0 spiro atoms. The SMILES string of the molecule is O=S(=O)(Cl)c1ccc(-c2cccnc2Cl)cc1. The Labute approximate surface area is 108 Å². The summed E-state index contributed by atoms with van der Waals surface area (Å²) in [6.07, 6.45) is 1.59. The second-order valence-corrected chi connectivity index (χ2v) is 6.23. The van der Waals surface area contributed by atoms with E-state index in [9.17, 15) is 8.42 Å². The van der Waals surface area contributed by atoms with E-state index in [2.05, 4.69) is 4.98 Å². The van der Waals surface area contributed by atoms with Crippen molar-refractivity contribution in [2.45, 2.75) is 4.90 Å². The maximum absolute atomic E-state index is 11.1. The maximum Gasteiger partial charge on any atom is 0.261 e. The van der Waals surface area contributed by atoms with Gasteiger partial charge in [-0.25, -0.2) is 13.4 Å². The number of pyridine rings is 1. The summed E-state index contributed by atoms with van der Waals surface area (Å²) in [5, 5.41) is 0.369. The summed E-state index contributed by atoms with van der Waals surface area (Å²) in [6.45, 7) is 0. The molecule has 0 N–H and O–H groups in total. The molecule has 0 aliphatic heterocycles. The van der Waals surface area contributed by atoms with Crippen LogP contribution < -0.4 is 0 Å². The van der Waals surface area contributed by atoms with Gasteiger partial charge >= 0.3 is 0 Å². The van der Waals surface area contributed by atoms with Crippen LogP contribution in [0.3, 0.4) is 0 Å². The van der Waals surface area contributed by atoms with Gasteiger partial charge in [0.1, 0.15) is 5.15 Å². The lowest BCUT2D eigenvalue weighted by molar-refractivity contribution is 0.609. The van der Waals surface area contributed by atoms with E-state index in [0.29, 0.717) is 5.15 Å². The van der Waals surface area contributed by atoms with Crippen LogP contribution in [0.25, 0.3) is 11.1 Å². The second kappa shape index (κ2) is 4.64. The minimum Gasteiger partial charge on any atom is -0.244 e. The predicted molar refractivity (Wildman–Crippen MR) is 67.7 cm³/mol. The zero-order valence-electron chi connectivity index (χ0n) is 8.47. The summed E-state index contributed by atoms with van der Waals surface area (Å²) in [6, 6.07) is 9.70. The predicted octanol–water partition coefficient (Wildman–Crippen LogP) is 3.33. The normalized spacial score (nSPS) is 11.4. The van der Waals surface area contributed by atoms with Gasteiger partial charge in [0.25, 0.3) is 9.05 Å². The van der Waals surface area contributed by atoms with Crippen LogP contribution in [0.2, 0.25) is 5.15 Å². The highest BCUT2D eigenvalue weighted by Crippen LogP contribution is 2.27. The van der Waals surface area contributed by atoms with Crippen LogP contribution in [0.15, 0.2) is 47.5 Å². The van der Waals surface area contributed by atoms with Crippen molar-refractivity contribution in [3.8, 4) is 11.1 Å². The Hall–Kier alpha value is -1.10. The van der Waals surface area contributed by atoms with Crippen molar-refractivity contribution in [2.24, 2.45) is 0 Å². The van der Waals surface area contributed by atoms with Crippen molar-refractivity contribution < 1.29 is 8.42 Å². The number of aromatic nitrogens is 1. The van der Waals surface area contributed by atoms with Crippen LogP contribution in [-0.4, -0.2) is 13.4 Å². The molecule has 0 bridgehead atoms. The highest BCUT2D eigenvalue weighted by Gasteiger charge is 2.10. The van der Waals surface area contributed by atoms with Crippen LogP contribution in [0, 0.1) is 0 Å². The van der Waals surface area contributed by atoms with Crippen molar-refractivity contribution in [3.63, 3.8) is 0 Å². The third kappa shape index (κ3) is 2.77. The molecule has 3 nitrogen and oxygen atoms in total. The van der Waals surface area contributed by atoms with Crippen molar-refractivity contribution >= 4 is 31.3 Å². The van der Waals surface area contributed by atoms with E-state index in [1.807, 2.05) is 0 Å². The first-order chi connectivity index (χ1) is 7.98. The van der Waals surface area contributed by atoms with Crippen LogP contribution in [0.4, 0.5) is 0 Å². The number of hydrogen-bond donors (Lipinski definition) is 0. The molecule has 0 atom stereocenters. The highest BCUT2D eigenvalue weighted by molar-refractivity contribution is 8.13. The van der Waals surface area contributed by atoms with E-state index >= 15 is 0 Å². The fourth-order valence-corrected chi connectivity index (χ4v) is 2.40. The molecule has 88 valence electrons. The number of nitrogens with zero attached hydrogens (tertiary/aromatic N) is 1. The first-order valence-electron chi connectivity index (χ1n) is 4.64. The van der Waals surface area contributed by atoms with Crippen molar-refractivity contribution in [1.82, 2.24) is 4.98 Å². The van der Waals surface area contributed by atoms with E-state index in [1.54, 1.807) is 30.5 Å². The molecule has 1 aromatic heterocycles. The summed E-state index contributed by atoms with van der Waals surface area (Å²) in [7, 11) is 1.53. The summed E-state index contributed by atoms with van der Waals surface area (Å²) < 4.78 is 22.1. The Morgan fingerprint density at radius 1 is 1.06 bits per heavy atom. The monoisotopic (exact) mass is 287 g/mol. The lowest BCUT2D eigenvalue weighted by Crippen LogP contribution is -1.90. The molecule has 0 unspecified atom stereocenters. The largest absolute Gasteiger partial charge is 0.261 e. The lowest BCUT2D eigenvalue weighted by Gasteiger charge is -2.03. The molecule has 2 rings (SSSR count). The fourth-order valence-electron chi connectivity index (χ4n) is 1.40. The minimum atomic E-state index is -3.69. The molecule has 0 aliphatic carbocycles. The Bertz CT molecular complexity index is 639. The van der Waals surface area contributed by atoms with Crippen molar-refractivity contribution in [3.05, 3.63) is 47.7 Å². The van der Waals surface area contributed by atoms with E-state index in [0.717, 1.165) is 11.1 Å². The summed E-state index contributed by atoms with van der Waals surface area (Å²) in [4.78, 5) is 4.01. The van der Waals surface area contributed by atoms with Crippen LogP contribution in [0.1, 0.15) is 0 Å². The van der Waals surface area contributed by atoms with Gasteiger partial charge in [-0.3, -0.25) is 0 Å². The number of benzene rings is 1. The quantitative estimate of drug-likeness (QED) is 0.629. The molecule has 0 aliphatic rings. The van der Waals surface area contributed by atoms with Crippen LogP contribution in [0.5, 0.6) is 0 Å². The van der Waals surface area contributed by atoms with Crippen molar-refractivity contribution in [2.75, 3.05) is 0 Å². The smallest absolute Gasteiger partial charge is 0.244 e. The Morgan fingerprint density at radius 3 is 2.24 bits per heavy atom.